The van der Waals surface area contributed by atoms with Crippen LogP contribution in [0, 0.1) is 0 Å². The minimum atomic E-state index is -3.63. The van der Waals surface area contributed by atoms with Crippen molar-refractivity contribution in [1.29, 1.82) is 0 Å². The molecule has 0 fully saturated rings. The fourth-order valence-electron chi connectivity index (χ4n) is 3.30. The van der Waals surface area contributed by atoms with Gasteiger partial charge in [-0.3, -0.25) is 0 Å². The van der Waals surface area contributed by atoms with E-state index in [0.29, 0.717) is 23.6 Å². The van der Waals surface area contributed by atoms with Gasteiger partial charge in [0.1, 0.15) is 17.3 Å². The van der Waals surface area contributed by atoms with Gasteiger partial charge in [0.25, 0.3) is 0 Å². The van der Waals surface area contributed by atoms with Crippen LogP contribution >= 0.6 is 0 Å². The Bertz CT molecular complexity index is 1030. The molecule has 0 saturated carbocycles. The summed E-state index contributed by atoms with van der Waals surface area (Å²) < 4.78 is 33.8. The van der Waals surface area contributed by atoms with Crippen LogP contribution in [0.25, 0.3) is 0 Å². The van der Waals surface area contributed by atoms with Crippen LogP contribution in [0.3, 0.4) is 0 Å². The predicted octanol–water partition coefficient (Wildman–Crippen LogP) is 3.77. The van der Waals surface area contributed by atoms with Gasteiger partial charge in [0.2, 0.25) is 15.0 Å². The van der Waals surface area contributed by atoms with Crippen LogP contribution in [-0.2, 0) is 28.6 Å². The molecule has 2 aromatic carbocycles. The smallest absolute Gasteiger partial charge is 0.250 e. The van der Waals surface area contributed by atoms with E-state index >= 15 is 0 Å². The molecule has 140 valence electrons. The topological polar surface area (TPSA) is 74.1 Å². The number of aromatic nitrogens is 3. The van der Waals surface area contributed by atoms with Crippen LogP contribution in [0.1, 0.15) is 30.7 Å². The molecule has 0 bridgehead atoms. The number of rotatable bonds is 5. The Morgan fingerprint density at radius 2 is 1.70 bits per heavy atom. The van der Waals surface area contributed by atoms with Crippen LogP contribution in [0.4, 0.5) is 0 Å². The summed E-state index contributed by atoms with van der Waals surface area (Å²) in [5.41, 5.74) is 0.604. The van der Waals surface area contributed by atoms with Gasteiger partial charge < -0.3 is 9.30 Å². The summed E-state index contributed by atoms with van der Waals surface area (Å²) >= 11 is 0. The molecule has 0 saturated heterocycles. The molecular weight excluding hydrogens is 362 g/mol. The number of fused-ring (bicyclic) bond motifs is 1. The van der Waals surface area contributed by atoms with Gasteiger partial charge in [0.05, 0.1) is 5.75 Å². The number of para-hydroxylation sites is 2. The van der Waals surface area contributed by atoms with Gasteiger partial charge >= 0.3 is 0 Å². The standard InChI is InChI=1S/C20H21N3O3S/c24-27(25,20-22-21-19-13-5-2-8-14-23(19)20)15-16-9-6-7-12-18(16)26-17-10-3-1-4-11-17/h1,3-4,6-7,9-12H,2,5,8,13-15H2. The molecule has 0 radical (unpaired) electrons. The van der Waals surface area contributed by atoms with Gasteiger partial charge in [0, 0.05) is 18.5 Å². The van der Waals surface area contributed by atoms with Gasteiger partial charge in [0.15, 0.2) is 0 Å². The van der Waals surface area contributed by atoms with Crippen molar-refractivity contribution in [2.45, 2.75) is 43.1 Å². The van der Waals surface area contributed by atoms with Crippen molar-refractivity contribution in [1.82, 2.24) is 14.8 Å². The maximum atomic E-state index is 13.1. The molecule has 7 heteroatoms. The van der Waals surface area contributed by atoms with E-state index in [0.717, 1.165) is 31.5 Å². The highest BCUT2D eigenvalue weighted by atomic mass is 32.2. The molecule has 6 nitrogen and oxygen atoms in total. The molecular formula is C20H21N3O3S. The number of ether oxygens (including phenoxy) is 1. The lowest BCUT2D eigenvalue weighted by Crippen LogP contribution is -2.14. The first-order valence-electron chi connectivity index (χ1n) is 9.09. The van der Waals surface area contributed by atoms with Gasteiger partial charge in [-0.1, -0.05) is 42.8 Å². The van der Waals surface area contributed by atoms with E-state index in [1.807, 2.05) is 42.5 Å². The number of hydrogen-bond donors (Lipinski definition) is 0. The lowest BCUT2D eigenvalue weighted by Gasteiger charge is -2.12. The molecule has 27 heavy (non-hydrogen) atoms. The fourth-order valence-corrected chi connectivity index (χ4v) is 4.77. The van der Waals surface area contributed by atoms with Crippen molar-refractivity contribution in [2.75, 3.05) is 0 Å². The zero-order chi connectivity index (χ0) is 18.7. The minimum Gasteiger partial charge on any atom is -0.457 e. The summed E-state index contributed by atoms with van der Waals surface area (Å²) in [6, 6.07) is 16.5. The number of nitrogens with zero attached hydrogens (tertiary/aromatic N) is 3. The number of aryl methyl sites for hydroxylation is 1. The molecule has 0 unspecified atom stereocenters. The van der Waals surface area contributed by atoms with Gasteiger partial charge in [-0.2, -0.15) is 0 Å². The van der Waals surface area contributed by atoms with Crippen molar-refractivity contribution in [3.8, 4) is 11.5 Å². The molecule has 0 amide bonds. The zero-order valence-corrected chi connectivity index (χ0v) is 15.7. The van der Waals surface area contributed by atoms with E-state index in [-0.39, 0.29) is 10.9 Å². The Labute approximate surface area is 158 Å². The van der Waals surface area contributed by atoms with Crippen LogP contribution in [0.5, 0.6) is 11.5 Å². The fraction of sp³-hybridized carbons (Fsp3) is 0.300. The molecule has 0 aliphatic carbocycles. The molecule has 1 aliphatic heterocycles. The second-order valence-electron chi connectivity index (χ2n) is 6.64. The quantitative estimate of drug-likeness (QED) is 0.670. The zero-order valence-electron chi connectivity index (χ0n) is 14.9. The Morgan fingerprint density at radius 3 is 2.56 bits per heavy atom. The highest BCUT2D eigenvalue weighted by molar-refractivity contribution is 7.90. The van der Waals surface area contributed by atoms with Crippen LogP contribution in [0.2, 0.25) is 0 Å². The van der Waals surface area contributed by atoms with Crippen LogP contribution in [0.15, 0.2) is 59.8 Å². The van der Waals surface area contributed by atoms with Crippen molar-refractivity contribution in [3.63, 3.8) is 0 Å². The summed E-state index contributed by atoms with van der Waals surface area (Å²) in [5, 5.41) is 8.19. The summed E-state index contributed by atoms with van der Waals surface area (Å²) in [7, 11) is -3.63. The van der Waals surface area contributed by atoms with Crippen molar-refractivity contribution < 1.29 is 13.2 Å². The maximum Gasteiger partial charge on any atom is 0.250 e. The monoisotopic (exact) mass is 383 g/mol. The number of hydrogen-bond acceptors (Lipinski definition) is 5. The summed E-state index contributed by atoms with van der Waals surface area (Å²) in [4.78, 5) is 0. The third-order valence-corrected chi connectivity index (χ3v) is 6.19. The molecule has 0 spiro atoms. The van der Waals surface area contributed by atoms with E-state index < -0.39 is 9.84 Å². The second kappa shape index (κ2) is 7.52. The third-order valence-electron chi connectivity index (χ3n) is 4.64. The minimum absolute atomic E-state index is 0.0638. The Balaban J connectivity index is 1.63. The van der Waals surface area contributed by atoms with E-state index in [2.05, 4.69) is 10.2 Å². The number of benzene rings is 2. The summed E-state index contributed by atoms with van der Waals surface area (Å²) in [6.45, 7) is 0.652. The highest BCUT2D eigenvalue weighted by Crippen LogP contribution is 2.28. The van der Waals surface area contributed by atoms with Crippen LogP contribution < -0.4 is 4.74 Å². The second-order valence-corrected chi connectivity index (χ2v) is 8.53. The first-order chi connectivity index (χ1) is 13.1. The lowest BCUT2D eigenvalue weighted by molar-refractivity contribution is 0.477. The van der Waals surface area contributed by atoms with Crippen molar-refractivity contribution in [3.05, 3.63) is 66.0 Å². The number of sulfone groups is 1. The van der Waals surface area contributed by atoms with Gasteiger partial charge in [-0.05, 0) is 31.0 Å². The van der Waals surface area contributed by atoms with Crippen LogP contribution in [-0.4, -0.2) is 23.2 Å². The average Bonchev–Trinajstić information content (AvgIpc) is 2.94. The normalized spacial score (nSPS) is 14.4. The highest BCUT2D eigenvalue weighted by Gasteiger charge is 2.27. The third kappa shape index (κ3) is 3.88. The Kier molecular flexibility index (Phi) is 4.94. The maximum absolute atomic E-state index is 13.1. The van der Waals surface area contributed by atoms with E-state index in [1.165, 1.54) is 0 Å². The molecule has 2 heterocycles. The molecule has 1 aromatic heterocycles. The van der Waals surface area contributed by atoms with E-state index in [1.54, 1.807) is 16.7 Å². The molecule has 0 atom stereocenters. The SMILES string of the molecule is O=S(=O)(Cc1ccccc1Oc1ccccc1)c1nnc2n1CCCCC2. The van der Waals surface area contributed by atoms with Gasteiger partial charge in [-0.15, -0.1) is 10.2 Å². The first-order valence-corrected chi connectivity index (χ1v) is 10.7. The molecule has 0 N–H and O–H groups in total. The summed E-state index contributed by atoms with van der Waals surface area (Å²) in [5.74, 6) is 1.79. The predicted molar refractivity (Wildman–Crippen MR) is 101 cm³/mol. The van der Waals surface area contributed by atoms with Gasteiger partial charge in [-0.25, -0.2) is 8.42 Å². The van der Waals surface area contributed by atoms with E-state index in [9.17, 15) is 8.42 Å². The van der Waals surface area contributed by atoms with E-state index in [4.69, 9.17) is 4.74 Å². The molecule has 3 aromatic rings. The Hall–Kier alpha value is -2.67. The summed E-state index contributed by atoms with van der Waals surface area (Å²) in [6.07, 6.45) is 3.82. The largest absolute Gasteiger partial charge is 0.457 e. The first kappa shape index (κ1) is 17.7. The van der Waals surface area contributed by atoms with Crippen molar-refractivity contribution >= 4 is 9.84 Å². The molecule has 4 rings (SSSR count). The Morgan fingerprint density at radius 1 is 0.926 bits per heavy atom. The molecule has 1 aliphatic rings. The lowest BCUT2D eigenvalue weighted by atomic mass is 10.2. The van der Waals surface area contributed by atoms with Crippen molar-refractivity contribution in [2.24, 2.45) is 0 Å². The average molecular weight is 383 g/mol.